The highest BCUT2D eigenvalue weighted by Gasteiger charge is 2.36. The van der Waals surface area contributed by atoms with Crippen molar-refractivity contribution in [3.05, 3.63) is 35.9 Å². The van der Waals surface area contributed by atoms with Crippen molar-refractivity contribution in [1.82, 2.24) is 0 Å². The fourth-order valence-corrected chi connectivity index (χ4v) is 2.50. The van der Waals surface area contributed by atoms with Gasteiger partial charge in [-0.3, -0.25) is 0 Å². The molecule has 0 radical (unpaired) electrons. The van der Waals surface area contributed by atoms with Gasteiger partial charge >= 0.3 is 0 Å². The van der Waals surface area contributed by atoms with E-state index in [1.54, 1.807) is 0 Å². The second-order valence-corrected chi connectivity index (χ2v) is 4.05. The largest absolute Gasteiger partial charge is 0.0861 e. The van der Waals surface area contributed by atoms with Crippen LogP contribution in [-0.2, 0) is 0 Å². The molecule has 58 valence electrons. The summed E-state index contributed by atoms with van der Waals surface area (Å²) in [6.07, 6.45) is 1.41. The Balaban J connectivity index is 2.09. The summed E-state index contributed by atoms with van der Waals surface area (Å²) in [6, 6.07) is 10.9. The van der Waals surface area contributed by atoms with Gasteiger partial charge in [-0.1, -0.05) is 52.9 Å². The SMILES string of the molecule is IC[C@@H]1C[C@H]1c1ccccc1. The molecule has 0 bridgehead atoms. The van der Waals surface area contributed by atoms with Crippen molar-refractivity contribution < 1.29 is 0 Å². The molecule has 1 fully saturated rings. The van der Waals surface area contributed by atoms with Crippen LogP contribution in [0, 0.1) is 5.92 Å². The second kappa shape index (κ2) is 3.13. The van der Waals surface area contributed by atoms with E-state index < -0.39 is 0 Å². The third-order valence-corrected chi connectivity index (χ3v) is 3.48. The highest BCUT2D eigenvalue weighted by Crippen LogP contribution is 2.48. The predicted octanol–water partition coefficient (Wildman–Crippen LogP) is 3.23. The van der Waals surface area contributed by atoms with Crippen molar-refractivity contribution in [1.29, 1.82) is 0 Å². The van der Waals surface area contributed by atoms with Crippen LogP contribution >= 0.6 is 22.6 Å². The molecule has 2 rings (SSSR count). The zero-order valence-corrected chi connectivity index (χ0v) is 8.49. The number of hydrogen-bond donors (Lipinski definition) is 0. The average Bonchev–Trinajstić information content (AvgIpc) is 2.85. The molecular formula is C10H11I. The molecule has 1 aliphatic carbocycles. The van der Waals surface area contributed by atoms with E-state index in [2.05, 4.69) is 52.9 Å². The van der Waals surface area contributed by atoms with Crippen LogP contribution in [0.25, 0.3) is 0 Å². The quantitative estimate of drug-likeness (QED) is 0.564. The fraction of sp³-hybridized carbons (Fsp3) is 0.400. The summed E-state index contributed by atoms with van der Waals surface area (Å²) in [5, 5.41) is 0. The molecule has 0 aliphatic heterocycles. The van der Waals surface area contributed by atoms with Crippen molar-refractivity contribution in [3.63, 3.8) is 0 Å². The van der Waals surface area contributed by atoms with E-state index in [1.807, 2.05) is 0 Å². The minimum Gasteiger partial charge on any atom is -0.0861 e. The van der Waals surface area contributed by atoms with Crippen LogP contribution < -0.4 is 0 Å². The molecule has 1 heteroatoms. The van der Waals surface area contributed by atoms with E-state index in [-0.39, 0.29) is 0 Å². The van der Waals surface area contributed by atoms with Crippen LogP contribution in [0.2, 0.25) is 0 Å². The van der Waals surface area contributed by atoms with Crippen LogP contribution in [0.1, 0.15) is 17.9 Å². The topological polar surface area (TPSA) is 0 Å². The highest BCUT2D eigenvalue weighted by atomic mass is 127. The van der Waals surface area contributed by atoms with Gasteiger partial charge in [0.25, 0.3) is 0 Å². The van der Waals surface area contributed by atoms with Crippen LogP contribution in [0.3, 0.4) is 0 Å². The number of hydrogen-bond acceptors (Lipinski definition) is 0. The smallest absolute Gasteiger partial charge is 0.00297 e. The summed E-state index contributed by atoms with van der Waals surface area (Å²) in [4.78, 5) is 0. The summed E-state index contributed by atoms with van der Waals surface area (Å²) in [5.74, 6) is 1.85. The van der Waals surface area contributed by atoms with Gasteiger partial charge in [0.15, 0.2) is 0 Å². The van der Waals surface area contributed by atoms with Gasteiger partial charge < -0.3 is 0 Å². The van der Waals surface area contributed by atoms with E-state index in [0.29, 0.717) is 0 Å². The van der Waals surface area contributed by atoms with Crippen molar-refractivity contribution in [2.24, 2.45) is 5.92 Å². The molecular weight excluding hydrogens is 247 g/mol. The Morgan fingerprint density at radius 1 is 1.27 bits per heavy atom. The van der Waals surface area contributed by atoms with E-state index in [0.717, 1.165) is 11.8 Å². The van der Waals surface area contributed by atoms with Gasteiger partial charge in [-0.25, -0.2) is 0 Å². The second-order valence-electron chi connectivity index (χ2n) is 3.17. The van der Waals surface area contributed by atoms with Crippen LogP contribution in [-0.4, -0.2) is 4.43 Å². The van der Waals surface area contributed by atoms with E-state index in [1.165, 1.54) is 16.4 Å². The Morgan fingerprint density at radius 2 is 2.00 bits per heavy atom. The summed E-state index contributed by atoms with van der Waals surface area (Å²) >= 11 is 2.48. The van der Waals surface area contributed by atoms with E-state index in [4.69, 9.17) is 0 Å². The number of benzene rings is 1. The van der Waals surface area contributed by atoms with Gasteiger partial charge in [-0.05, 0) is 23.8 Å². The minimum atomic E-state index is 0.882. The Hall–Kier alpha value is -0.0500. The molecule has 0 heterocycles. The first-order valence-electron chi connectivity index (χ1n) is 4.02. The third-order valence-electron chi connectivity index (χ3n) is 2.35. The van der Waals surface area contributed by atoms with Gasteiger partial charge in [-0.15, -0.1) is 0 Å². The first kappa shape index (κ1) is 7.59. The zero-order valence-electron chi connectivity index (χ0n) is 6.33. The van der Waals surface area contributed by atoms with Crippen molar-refractivity contribution in [2.75, 3.05) is 4.43 Å². The molecule has 0 amide bonds. The molecule has 0 saturated heterocycles. The van der Waals surface area contributed by atoms with E-state index in [9.17, 15) is 0 Å². The predicted molar refractivity (Wildman–Crippen MR) is 56.2 cm³/mol. The summed E-state index contributed by atoms with van der Waals surface area (Å²) < 4.78 is 1.32. The maximum Gasteiger partial charge on any atom is 0.00297 e. The molecule has 1 saturated carbocycles. The highest BCUT2D eigenvalue weighted by molar-refractivity contribution is 14.1. The first-order chi connectivity index (χ1) is 5.42. The zero-order chi connectivity index (χ0) is 7.68. The van der Waals surface area contributed by atoms with Crippen molar-refractivity contribution in [2.45, 2.75) is 12.3 Å². The summed E-state index contributed by atoms with van der Waals surface area (Å²) in [5.41, 5.74) is 1.54. The van der Waals surface area contributed by atoms with Gasteiger partial charge in [0.05, 0.1) is 0 Å². The van der Waals surface area contributed by atoms with Crippen LogP contribution in [0.15, 0.2) is 30.3 Å². The van der Waals surface area contributed by atoms with Gasteiger partial charge in [0.2, 0.25) is 0 Å². The standard InChI is InChI=1S/C10H11I/c11-7-9-6-10(9)8-4-2-1-3-5-8/h1-5,9-10H,6-7H2/t9-,10-/m0/s1. The monoisotopic (exact) mass is 258 g/mol. The molecule has 0 N–H and O–H groups in total. The Kier molecular flexibility index (Phi) is 2.16. The van der Waals surface area contributed by atoms with Crippen molar-refractivity contribution >= 4 is 22.6 Å². The maximum absolute atomic E-state index is 2.48. The fourth-order valence-electron chi connectivity index (χ4n) is 1.53. The van der Waals surface area contributed by atoms with E-state index >= 15 is 0 Å². The van der Waals surface area contributed by atoms with Gasteiger partial charge in [0.1, 0.15) is 0 Å². The molecule has 11 heavy (non-hydrogen) atoms. The lowest BCUT2D eigenvalue weighted by atomic mass is 10.1. The first-order valence-corrected chi connectivity index (χ1v) is 5.55. The molecule has 0 spiro atoms. The normalized spacial score (nSPS) is 28.5. The Bertz CT molecular complexity index is 230. The third kappa shape index (κ3) is 1.58. The molecule has 0 unspecified atom stereocenters. The number of alkyl halides is 1. The van der Waals surface area contributed by atoms with Gasteiger partial charge in [0, 0.05) is 4.43 Å². The maximum atomic E-state index is 2.48. The summed E-state index contributed by atoms with van der Waals surface area (Å²) in [6.45, 7) is 0. The lowest BCUT2D eigenvalue weighted by Crippen LogP contribution is -1.82. The van der Waals surface area contributed by atoms with Crippen LogP contribution in [0.4, 0.5) is 0 Å². The summed E-state index contributed by atoms with van der Waals surface area (Å²) in [7, 11) is 0. The van der Waals surface area contributed by atoms with Gasteiger partial charge in [-0.2, -0.15) is 0 Å². The number of rotatable bonds is 2. The Morgan fingerprint density at radius 3 is 2.55 bits per heavy atom. The van der Waals surface area contributed by atoms with Crippen LogP contribution in [0.5, 0.6) is 0 Å². The molecule has 0 aromatic heterocycles. The molecule has 1 aromatic carbocycles. The average molecular weight is 258 g/mol. The lowest BCUT2D eigenvalue weighted by molar-refractivity contribution is 0.944. The minimum absolute atomic E-state index is 0.882. The number of halogens is 1. The molecule has 1 aromatic rings. The van der Waals surface area contributed by atoms with Crippen molar-refractivity contribution in [3.8, 4) is 0 Å². The molecule has 0 nitrogen and oxygen atoms in total. The Labute approximate surface area is 81.1 Å². The molecule has 2 atom stereocenters. The lowest BCUT2D eigenvalue weighted by Gasteiger charge is -1.95. The molecule has 1 aliphatic rings.